The number of sulfone groups is 1. The van der Waals surface area contributed by atoms with Crippen LogP contribution < -0.4 is 0 Å². The first kappa shape index (κ1) is 16.4. The fourth-order valence-corrected chi connectivity index (χ4v) is 5.56. The zero-order valence-corrected chi connectivity index (χ0v) is 13.7. The zero-order chi connectivity index (χ0) is 15.8. The smallest absolute Gasteiger partial charge is 0.243 e. The van der Waals surface area contributed by atoms with E-state index in [0.717, 1.165) is 5.56 Å². The van der Waals surface area contributed by atoms with E-state index in [1.54, 1.807) is 19.9 Å². The summed E-state index contributed by atoms with van der Waals surface area (Å²) in [6.45, 7) is 3.22. The number of sulfonamides is 1. The Morgan fingerprint density at radius 1 is 1.19 bits per heavy atom. The van der Waals surface area contributed by atoms with Crippen molar-refractivity contribution >= 4 is 19.9 Å². The summed E-state index contributed by atoms with van der Waals surface area (Å²) in [5.74, 6) is -0.298. The van der Waals surface area contributed by atoms with E-state index in [1.165, 1.54) is 10.4 Å². The molecule has 0 unspecified atom stereocenters. The van der Waals surface area contributed by atoms with E-state index in [1.807, 2.05) is 0 Å². The molecule has 1 aromatic rings. The van der Waals surface area contributed by atoms with Crippen LogP contribution in [0.1, 0.15) is 16.7 Å². The van der Waals surface area contributed by atoms with Gasteiger partial charge in [-0.15, -0.1) is 0 Å². The van der Waals surface area contributed by atoms with Gasteiger partial charge in [-0.05, 0) is 36.6 Å². The van der Waals surface area contributed by atoms with E-state index >= 15 is 0 Å². The van der Waals surface area contributed by atoms with Crippen molar-refractivity contribution in [1.29, 1.82) is 0 Å². The van der Waals surface area contributed by atoms with Crippen molar-refractivity contribution in [2.75, 3.05) is 24.6 Å². The lowest BCUT2D eigenvalue weighted by molar-refractivity contribution is 0.281. The first-order valence-electron chi connectivity index (χ1n) is 6.59. The van der Waals surface area contributed by atoms with Crippen LogP contribution in [0.3, 0.4) is 0 Å². The summed E-state index contributed by atoms with van der Waals surface area (Å²) in [4.78, 5) is 0.144. The Labute approximate surface area is 125 Å². The molecule has 2 rings (SSSR count). The monoisotopic (exact) mass is 333 g/mol. The SMILES string of the molecule is Cc1cc(CO)cc(S(=O)(=O)N2CCS(=O)(=O)CC2)c1C. The van der Waals surface area contributed by atoms with Gasteiger partial charge in [-0.25, -0.2) is 16.8 Å². The number of aliphatic hydroxyl groups excluding tert-OH is 1. The van der Waals surface area contributed by atoms with Crippen LogP contribution in [-0.4, -0.2) is 50.8 Å². The molecular weight excluding hydrogens is 314 g/mol. The van der Waals surface area contributed by atoms with E-state index in [4.69, 9.17) is 0 Å². The lowest BCUT2D eigenvalue weighted by Gasteiger charge is -2.27. The Hall–Kier alpha value is -0.960. The molecule has 0 spiro atoms. The summed E-state index contributed by atoms with van der Waals surface area (Å²) < 4.78 is 49.4. The molecule has 8 heteroatoms. The third-order valence-corrected chi connectivity index (χ3v) is 7.42. The number of aliphatic hydroxyl groups is 1. The van der Waals surface area contributed by atoms with E-state index in [0.29, 0.717) is 11.1 Å². The largest absolute Gasteiger partial charge is 0.392 e. The molecule has 1 aliphatic heterocycles. The molecule has 1 saturated heterocycles. The zero-order valence-electron chi connectivity index (χ0n) is 12.0. The molecule has 0 aliphatic carbocycles. The van der Waals surface area contributed by atoms with Crippen LogP contribution >= 0.6 is 0 Å². The first-order chi connectivity index (χ1) is 9.67. The molecule has 0 atom stereocenters. The molecule has 1 aliphatic rings. The van der Waals surface area contributed by atoms with Crippen molar-refractivity contribution in [2.24, 2.45) is 0 Å². The summed E-state index contributed by atoms with van der Waals surface area (Å²) in [6.07, 6.45) is 0. The Bertz CT molecular complexity index is 739. The maximum absolute atomic E-state index is 12.7. The molecule has 1 N–H and O–H groups in total. The number of hydrogen-bond acceptors (Lipinski definition) is 5. The summed E-state index contributed by atoms with van der Waals surface area (Å²) in [5.41, 5.74) is 1.94. The molecular formula is C13H19NO5S2. The third-order valence-electron chi connectivity index (χ3n) is 3.78. The molecule has 0 radical (unpaired) electrons. The molecule has 1 fully saturated rings. The minimum Gasteiger partial charge on any atom is -0.392 e. The van der Waals surface area contributed by atoms with E-state index in [2.05, 4.69) is 0 Å². The van der Waals surface area contributed by atoms with E-state index in [9.17, 15) is 21.9 Å². The standard InChI is InChI=1S/C13H19NO5S2/c1-10-7-12(9-15)8-13(11(10)2)21(18,19)14-3-5-20(16,17)6-4-14/h7-8,15H,3-6,9H2,1-2H3. The first-order valence-corrected chi connectivity index (χ1v) is 9.85. The predicted molar refractivity (Wildman–Crippen MR) is 79.3 cm³/mol. The van der Waals surface area contributed by atoms with Crippen LogP contribution in [0.2, 0.25) is 0 Å². The van der Waals surface area contributed by atoms with Crippen molar-refractivity contribution in [1.82, 2.24) is 4.31 Å². The predicted octanol–water partition coefficient (Wildman–Crippen LogP) is 0.215. The highest BCUT2D eigenvalue weighted by Gasteiger charge is 2.32. The summed E-state index contributed by atoms with van der Waals surface area (Å²) in [6, 6.07) is 3.20. The average Bonchev–Trinajstić information content (AvgIpc) is 2.41. The van der Waals surface area contributed by atoms with Gasteiger partial charge in [0.25, 0.3) is 0 Å². The highest BCUT2D eigenvalue weighted by molar-refractivity contribution is 7.92. The second-order valence-electron chi connectivity index (χ2n) is 5.25. The molecule has 0 saturated carbocycles. The van der Waals surface area contributed by atoms with Crippen molar-refractivity contribution in [3.63, 3.8) is 0 Å². The van der Waals surface area contributed by atoms with Crippen molar-refractivity contribution in [3.8, 4) is 0 Å². The van der Waals surface area contributed by atoms with Gasteiger partial charge in [0.2, 0.25) is 10.0 Å². The topological polar surface area (TPSA) is 91.8 Å². The van der Waals surface area contributed by atoms with Gasteiger partial charge in [-0.1, -0.05) is 6.07 Å². The number of aryl methyl sites for hydroxylation is 1. The van der Waals surface area contributed by atoms with E-state index < -0.39 is 19.9 Å². The lowest BCUT2D eigenvalue weighted by Crippen LogP contribution is -2.43. The minimum atomic E-state index is -3.74. The molecule has 118 valence electrons. The summed E-state index contributed by atoms with van der Waals surface area (Å²) >= 11 is 0. The Balaban J connectivity index is 2.43. The fraction of sp³-hybridized carbons (Fsp3) is 0.538. The van der Waals surface area contributed by atoms with Crippen molar-refractivity contribution < 1.29 is 21.9 Å². The molecule has 21 heavy (non-hydrogen) atoms. The normalized spacial score (nSPS) is 19.6. The molecule has 1 heterocycles. The van der Waals surface area contributed by atoms with Crippen LogP contribution in [0, 0.1) is 13.8 Å². The van der Waals surface area contributed by atoms with Crippen LogP contribution in [0.4, 0.5) is 0 Å². The second-order valence-corrected chi connectivity index (χ2v) is 9.46. The van der Waals surface area contributed by atoms with Crippen LogP contribution in [0.5, 0.6) is 0 Å². The molecule has 6 nitrogen and oxygen atoms in total. The van der Waals surface area contributed by atoms with Gasteiger partial charge in [0, 0.05) is 13.1 Å². The summed E-state index contributed by atoms with van der Waals surface area (Å²) in [7, 11) is -6.88. The molecule has 0 aromatic heterocycles. The number of rotatable bonds is 3. The molecule has 1 aromatic carbocycles. The van der Waals surface area contributed by atoms with Gasteiger partial charge in [-0.2, -0.15) is 4.31 Å². The molecule has 0 amide bonds. The number of hydrogen-bond donors (Lipinski definition) is 1. The van der Waals surface area contributed by atoms with Gasteiger partial charge in [0.1, 0.15) is 0 Å². The van der Waals surface area contributed by atoms with Crippen molar-refractivity contribution in [2.45, 2.75) is 25.3 Å². The average molecular weight is 333 g/mol. The van der Waals surface area contributed by atoms with Gasteiger partial charge >= 0.3 is 0 Å². The quantitative estimate of drug-likeness (QED) is 0.854. The Morgan fingerprint density at radius 2 is 1.76 bits per heavy atom. The molecule has 0 bridgehead atoms. The number of benzene rings is 1. The van der Waals surface area contributed by atoms with Gasteiger partial charge < -0.3 is 5.11 Å². The summed E-state index contributed by atoms with van der Waals surface area (Å²) in [5, 5.41) is 9.23. The van der Waals surface area contributed by atoms with Crippen LogP contribution in [0.15, 0.2) is 17.0 Å². The highest BCUT2D eigenvalue weighted by atomic mass is 32.2. The van der Waals surface area contributed by atoms with E-state index in [-0.39, 0.29) is 36.1 Å². The maximum atomic E-state index is 12.7. The Morgan fingerprint density at radius 3 is 2.29 bits per heavy atom. The lowest BCUT2D eigenvalue weighted by atomic mass is 10.1. The van der Waals surface area contributed by atoms with Gasteiger partial charge in [-0.3, -0.25) is 0 Å². The van der Waals surface area contributed by atoms with Gasteiger partial charge in [0.15, 0.2) is 9.84 Å². The third kappa shape index (κ3) is 3.28. The second kappa shape index (κ2) is 5.68. The van der Waals surface area contributed by atoms with Gasteiger partial charge in [0.05, 0.1) is 23.0 Å². The maximum Gasteiger partial charge on any atom is 0.243 e. The minimum absolute atomic E-state index is 0.0213. The van der Waals surface area contributed by atoms with Crippen molar-refractivity contribution in [3.05, 3.63) is 28.8 Å². The Kier molecular flexibility index (Phi) is 4.44. The number of nitrogens with zero attached hydrogens (tertiary/aromatic N) is 1. The fourth-order valence-electron chi connectivity index (χ4n) is 2.33. The van der Waals surface area contributed by atoms with Crippen LogP contribution in [0.25, 0.3) is 0 Å². The van der Waals surface area contributed by atoms with Crippen LogP contribution in [-0.2, 0) is 26.5 Å². The highest BCUT2D eigenvalue weighted by Crippen LogP contribution is 2.25.